The Labute approximate surface area is 202 Å². The van der Waals surface area contributed by atoms with E-state index in [-0.39, 0.29) is 16.6 Å². The number of carbonyl (C=O) groups is 1. The SMILES string of the molecule is CC1CCCN(S(=O)(=O)c2ccc(C(=O)N3CCN(c4nc5c(F)cccc5s4)CC3)cc2)C1. The molecule has 3 heterocycles. The summed E-state index contributed by atoms with van der Waals surface area (Å²) in [6.07, 6.45) is 1.91. The summed E-state index contributed by atoms with van der Waals surface area (Å²) in [4.78, 5) is 21.5. The molecule has 1 unspecified atom stereocenters. The Morgan fingerprint density at radius 2 is 1.79 bits per heavy atom. The number of halogens is 1. The lowest BCUT2D eigenvalue weighted by atomic mass is 10.0. The lowest BCUT2D eigenvalue weighted by Crippen LogP contribution is -2.48. The molecular weight excluding hydrogens is 475 g/mol. The molecule has 0 bridgehead atoms. The maximum absolute atomic E-state index is 14.0. The van der Waals surface area contributed by atoms with Crippen molar-refractivity contribution in [2.45, 2.75) is 24.7 Å². The first-order chi connectivity index (χ1) is 16.3. The van der Waals surface area contributed by atoms with Crippen molar-refractivity contribution in [1.29, 1.82) is 0 Å². The summed E-state index contributed by atoms with van der Waals surface area (Å²) in [5.74, 6) is -0.0931. The lowest BCUT2D eigenvalue weighted by molar-refractivity contribution is 0.0746. The molecule has 7 nitrogen and oxygen atoms in total. The topological polar surface area (TPSA) is 73.8 Å². The van der Waals surface area contributed by atoms with Gasteiger partial charge in [-0.25, -0.2) is 17.8 Å². The molecule has 0 aliphatic carbocycles. The number of hydrogen-bond acceptors (Lipinski definition) is 6. The number of carbonyl (C=O) groups excluding carboxylic acids is 1. The second-order valence-corrected chi connectivity index (χ2v) is 11.9. The number of benzene rings is 2. The second kappa shape index (κ2) is 9.24. The molecule has 2 aromatic carbocycles. The van der Waals surface area contributed by atoms with Gasteiger partial charge in [0.1, 0.15) is 11.3 Å². The zero-order valence-electron chi connectivity index (χ0n) is 19.0. The highest BCUT2D eigenvalue weighted by atomic mass is 32.2. The third-order valence-corrected chi connectivity index (χ3v) is 9.52. The largest absolute Gasteiger partial charge is 0.345 e. The predicted octanol–water partition coefficient (Wildman–Crippen LogP) is 3.82. The van der Waals surface area contributed by atoms with Crippen LogP contribution in [0.1, 0.15) is 30.1 Å². The Hall–Kier alpha value is -2.56. The van der Waals surface area contributed by atoms with E-state index in [1.807, 2.05) is 6.07 Å². The number of nitrogens with zero attached hydrogens (tertiary/aromatic N) is 4. The smallest absolute Gasteiger partial charge is 0.253 e. The number of thiazole rings is 1. The fourth-order valence-electron chi connectivity index (χ4n) is 4.61. The van der Waals surface area contributed by atoms with Gasteiger partial charge in [-0.15, -0.1) is 0 Å². The van der Waals surface area contributed by atoms with Crippen LogP contribution in [0.5, 0.6) is 0 Å². The number of piperidine rings is 1. The van der Waals surface area contributed by atoms with Crippen LogP contribution in [0.2, 0.25) is 0 Å². The number of fused-ring (bicyclic) bond motifs is 1. The van der Waals surface area contributed by atoms with E-state index < -0.39 is 10.0 Å². The number of rotatable bonds is 4. The molecular formula is C24H27FN4O3S2. The van der Waals surface area contributed by atoms with Gasteiger partial charge in [-0.1, -0.05) is 24.3 Å². The third-order valence-electron chi connectivity index (χ3n) is 6.55. The molecule has 0 spiro atoms. The molecule has 1 aromatic heterocycles. The highest BCUT2D eigenvalue weighted by Gasteiger charge is 2.29. The minimum atomic E-state index is -3.55. The Morgan fingerprint density at radius 1 is 1.06 bits per heavy atom. The van der Waals surface area contributed by atoms with Crippen LogP contribution in [0.3, 0.4) is 0 Å². The van der Waals surface area contributed by atoms with Crippen molar-refractivity contribution in [3.8, 4) is 0 Å². The molecule has 0 saturated carbocycles. The number of amides is 1. The first-order valence-corrected chi connectivity index (χ1v) is 13.8. The van der Waals surface area contributed by atoms with Gasteiger partial charge in [0.25, 0.3) is 5.91 Å². The molecule has 3 aromatic rings. The molecule has 2 aliphatic heterocycles. The average Bonchev–Trinajstić information content (AvgIpc) is 3.30. The van der Waals surface area contributed by atoms with Gasteiger partial charge in [-0.2, -0.15) is 4.31 Å². The summed E-state index contributed by atoms with van der Waals surface area (Å²) >= 11 is 1.45. The monoisotopic (exact) mass is 502 g/mol. The zero-order valence-corrected chi connectivity index (χ0v) is 20.6. The van der Waals surface area contributed by atoms with Crippen molar-refractivity contribution in [1.82, 2.24) is 14.2 Å². The summed E-state index contributed by atoms with van der Waals surface area (Å²) in [7, 11) is -3.55. The predicted molar refractivity (Wildman–Crippen MR) is 131 cm³/mol. The molecule has 2 fully saturated rings. The molecule has 34 heavy (non-hydrogen) atoms. The molecule has 0 radical (unpaired) electrons. The molecule has 2 aliphatic rings. The van der Waals surface area contributed by atoms with Crippen molar-refractivity contribution in [3.63, 3.8) is 0 Å². The van der Waals surface area contributed by atoms with E-state index in [9.17, 15) is 17.6 Å². The maximum atomic E-state index is 14.0. The summed E-state index contributed by atoms with van der Waals surface area (Å²) in [5.41, 5.74) is 0.858. The standard InChI is InChI=1S/C24H27FN4O3S2/c1-17-4-3-11-29(16-17)34(31,32)19-9-7-18(8-10-19)23(30)27-12-14-28(15-13-27)24-26-22-20(25)5-2-6-21(22)33-24/h2,5-10,17H,3-4,11-16H2,1H3. The van der Waals surface area contributed by atoms with Gasteiger partial charge in [0.15, 0.2) is 5.13 Å². The molecule has 1 amide bonds. The minimum Gasteiger partial charge on any atom is -0.345 e. The Bertz CT molecular complexity index is 1300. The van der Waals surface area contributed by atoms with E-state index in [0.29, 0.717) is 56.3 Å². The maximum Gasteiger partial charge on any atom is 0.253 e. The summed E-state index contributed by atoms with van der Waals surface area (Å²) in [6.45, 7) is 5.39. The van der Waals surface area contributed by atoms with Gasteiger partial charge in [0.2, 0.25) is 10.0 Å². The van der Waals surface area contributed by atoms with E-state index in [0.717, 1.165) is 22.7 Å². The Balaban J connectivity index is 1.23. The van der Waals surface area contributed by atoms with Crippen LogP contribution >= 0.6 is 11.3 Å². The number of aromatic nitrogens is 1. The quantitative estimate of drug-likeness (QED) is 0.542. The number of hydrogen-bond donors (Lipinski definition) is 0. The van der Waals surface area contributed by atoms with Crippen molar-refractivity contribution < 1.29 is 17.6 Å². The number of sulfonamides is 1. The van der Waals surface area contributed by atoms with Gasteiger partial charge >= 0.3 is 0 Å². The van der Waals surface area contributed by atoms with E-state index in [1.165, 1.54) is 29.5 Å². The van der Waals surface area contributed by atoms with Gasteiger partial charge in [-0.05, 0) is 55.2 Å². The van der Waals surface area contributed by atoms with Crippen LogP contribution in [-0.2, 0) is 10.0 Å². The average molecular weight is 503 g/mol. The summed E-state index contributed by atoms with van der Waals surface area (Å²) < 4.78 is 42.3. The van der Waals surface area contributed by atoms with Crippen LogP contribution in [-0.4, -0.2) is 67.8 Å². The number of anilines is 1. The fourth-order valence-corrected chi connectivity index (χ4v) is 7.24. The molecule has 5 rings (SSSR count). The first kappa shape index (κ1) is 23.2. The normalized spacial score (nSPS) is 20.1. The van der Waals surface area contributed by atoms with E-state index in [2.05, 4.69) is 16.8 Å². The summed E-state index contributed by atoms with van der Waals surface area (Å²) in [5, 5.41) is 0.758. The molecule has 1 atom stereocenters. The van der Waals surface area contributed by atoms with Crippen molar-refractivity contribution >= 4 is 42.6 Å². The highest BCUT2D eigenvalue weighted by Crippen LogP contribution is 2.31. The van der Waals surface area contributed by atoms with Gasteiger partial charge in [-0.3, -0.25) is 4.79 Å². The number of para-hydroxylation sites is 1. The van der Waals surface area contributed by atoms with E-state index in [1.54, 1.807) is 27.4 Å². The van der Waals surface area contributed by atoms with Crippen LogP contribution in [0.15, 0.2) is 47.4 Å². The van der Waals surface area contributed by atoms with E-state index >= 15 is 0 Å². The Morgan fingerprint density at radius 3 is 2.47 bits per heavy atom. The summed E-state index contributed by atoms with van der Waals surface area (Å²) in [6, 6.07) is 11.2. The van der Waals surface area contributed by atoms with Crippen molar-refractivity contribution in [3.05, 3.63) is 53.8 Å². The van der Waals surface area contributed by atoms with E-state index in [4.69, 9.17) is 0 Å². The van der Waals surface area contributed by atoms with Crippen LogP contribution in [0.4, 0.5) is 9.52 Å². The minimum absolute atomic E-state index is 0.120. The Kier molecular flexibility index (Phi) is 6.30. The van der Waals surface area contributed by atoms with Crippen molar-refractivity contribution in [2.24, 2.45) is 5.92 Å². The molecule has 180 valence electrons. The number of piperazine rings is 1. The van der Waals surface area contributed by atoms with Crippen LogP contribution < -0.4 is 4.90 Å². The molecule has 10 heteroatoms. The molecule has 0 N–H and O–H groups in total. The van der Waals surface area contributed by atoms with Gasteiger partial charge in [0, 0.05) is 44.8 Å². The highest BCUT2D eigenvalue weighted by molar-refractivity contribution is 7.89. The zero-order chi connectivity index (χ0) is 23.9. The molecule has 2 saturated heterocycles. The van der Waals surface area contributed by atoms with Gasteiger partial charge in [0.05, 0.1) is 9.60 Å². The third kappa shape index (κ3) is 4.42. The van der Waals surface area contributed by atoms with Crippen LogP contribution in [0.25, 0.3) is 10.2 Å². The van der Waals surface area contributed by atoms with Gasteiger partial charge < -0.3 is 9.80 Å². The van der Waals surface area contributed by atoms with Crippen molar-refractivity contribution in [2.75, 3.05) is 44.2 Å². The lowest BCUT2D eigenvalue weighted by Gasteiger charge is -2.34. The van der Waals surface area contributed by atoms with Crippen LogP contribution in [0, 0.1) is 11.7 Å². The fraction of sp³-hybridized carbons (Fsp3) is 0.417. The first-order valence-electron chi connectivity index (χ1n) is 11.5. The second-order valence-electron chi connectivity index (χ2n) is 9.00.